The number of nitrogens with one attached hydrogen (secondary N) is 2. The molecule has 0 spiro atoms. The largest absolute Gasteiger partial charge is 0.493 e. The van der Waals surface area contributed by atoms with Crippen LogP contribution in [0.2, 0.25) is 0 Å². The second-order valence-corrected chi connectivity index (χ2v) is 9.35. The molecule has 0 atom stereocenters. The number of ether oxygens (including phenoxy) is 3. The van der Waals surface area contributed by atoms with Crippen LogP contribution < -0.4 is 24.2 Å². The van der Waals surface area contributed by atoms with Crippen molar-refractivity contribution in [2.24, 2.45) is 0 Å². The zero-order valence-corrected chi connectivity index (χ0v) is 20.6. The fourth-order valence-electron chi connectivity index (χ4n) is 3.45. The van der Waals surface area contributed by atoms with E-state index in [1.807, 2.05) is 13.0 Å². The predicted octanol–water partition coefficient (Wildman–Crippen LogP) is 4.06. The maximum atomic E-state index is 12.9. The summed E-state index contributed by atoms with van der Waals surface area (Å²) < 4.78 is 44.4. The van der Waals surface area contributed by atoms with E-state index < -0.39 is 15.9 Å². The third-order valence-corrected chi connectivity index (χ3v) is 6.59. The van der Waals surface area contributed by atoms with Crippen molar-refractivity contribution in [1.82, 2.24) is 5.32 Å². The fourth-order valence-corrected chi connectivity index (χ4v) is 4.53. The lowest BCUT2D eigenvalue weighted by atomic mass is 10.1. The van der Waals surface area contributed by atoms with Gasteiger partial charge in [-0.25, -0.2) is 8.42 Å². The number of sulfonamides is 1. The molecule has 0 heterocycles. The summed E-state index contributed by atoms with van der Waals surface area (Å²) in [6, 6.07) is 15.0. The van der Waals surface area contributed by atoms with Gasteiger partial charge in [0.15, 0.2) is 11.5 Å². The molecule has 3 aromatic carbocycles. The number of amides is 1. The van der Waals surface area contributed by atoms with Crippen LogP contribution in [0.5, 0.6) is 17.2 Å². The average molecular weight is 485 g/mol. The summed E-state index contributed by atoms with van der Waals surface area (Å²) in [5.41, 5.74) is 3.02. The zero-order valence-electron chi connectivity index (χ0n) is 19.8. The Labute approximate surface area is 199 Å². The first-order chi connectivity index (χ1) is 16.2. The van der Waals surface area contributed by atoms with Gasteiger partial charge in [0.05, 0.1) is 26.2 Å². The molecule has 0 saturated carbocycles. The average Bonchev–Trinajstić information content (AvgIpc) is 2.81. The summed E-state index contributed by atoms with van der Waals surface area (Å²) in [6.45, 7) is 3.80. The van der Waals surface area contributed by atoms with E-state index in [0.717, 1.165) is 11.1 Å². The molecule has 0 aromatic heterocycles. The standard InChI is InChI=1S/C25H28N2O6S/c1-16-7-6-8-19(11-16)27-34(29,30)20-10-9-17(2)21(14-20)25(28)26-15-18-12-22(31-3)24(33-5)23(13-18)32-4/h6-14,27H,15H2,1-5H3,(H,26,28). The van der Waals surface area contributed by atoms with Crippen LogP contribution in [-0.4, -0.2) is 35.7 Å². The first-order valence-corrected chi connectivity index (χ1v) is 11.9. The van der Waals surface area contributed by atoms with Crippen molar-refractivity contribution < 1.29 is 27.4 Å². The van der Waals surface area contributed by atoms with Crippen molar-refractivity contribution in [3.8, 4) is 17.2 Å². The number of hydrogen-bond acceptors (Lipinski definition) is 6. The molecule has 0 aliphatic heterocycles. The van der Waals surface area contributed by atoms with Crippen molar-refractivity contribution in [2.45, 2.75) is 25.3 Å². The summed E-state index contributed by atoms with van der Waals surface area (Å²) in [6.07, 6.45) is 0. The first-order valence-electron chi connectivity index (χ1n) is 10.5. The van der Waals surface area contributed by atoms with Crippen LogP contribution >= 0.6 is 0 Å². The minimum Gasteiger partial charge on any atom is -0.493 e. The minimum absolute atomic E-state index is 0.00228. The zero-order chi connectivity index (χ0) is 24.9. The normalized spacial score (nSPS) is 11.0. The van der Waals surface area contributed by atoms with Crippen LogP contribution in [0.25, 0.3) is 0 Å². The highest BCUT2D eigenvalue weighted by molar-refractivity contribution is 7.92. The molecule has 180 valence electrons. The summed E-state index contributed by atoms with van der Waals surface area (Å²) in [4.78, 5) is 12.9. The number of carbonyl (C=O) groups is 1. The molecule has 1 amide bonds. The Hall–Kier alpha value is -3.72. The van der Waals surface area contributed by atoms with E-state index in [4.69, 9.17) is 14.2 Å². The molecule has 0 unspecified atom stereocenters. The molecular formula is C25H28N2O6S. The molecule has 0 saturated heterocycles. The Kier molecular flexibility index (Phi) is 7.68. The second kappa shape index (κ2) is 10.5. The Morgan fingerprint density at radius 1 is 0.882 bits per heavy atom. The molecule has 34 heavy (non-hydrogen) atoms. The molecule has 3 rings (SSSR count). The fraction of sp³-hybridized carbons (Fsp3) is 0.240. The molecule has 0 fully saturated rings. The molecule has 0 aliphatic carbocycles. The lowest BCUT2D eigenvalue weighted by Crippen LogP contribution is -2.24. The molecule has 0 bridgehead atoms. The Morgan fingerprint density at radius 3 is 2.15 bits per heavy atom. The SMILES string of the molecule is COc1cc(CNC(=O)c2cc(S(=O)(=O)Nc3cccc(C)c3)ccc2C)cc(OC)c1OC. The molecule has 9 heteroatoms. The van der Waals surface area contributed by atoms with E-state index in [1.165, 1.54) is 33.5 Å². The van der Waals surface area contributed by atoms with Gasteiger partial charge in [-0.1, -0.05) is 18.2 Å². The third kappa shape index (κ3) is 5.60. The van der Waals surface area contributed by atoms with Gasteiger partial charge in [-0.3, -0.25) is 9.52 Å². The number of carbonyl (C=O) groups excluding carboxylic acids is 1. The van der Waals surface area contributed by atoms with Crippen LogP contribution in [0.1, 0.15) is 27.0 Å². The number of aryl methyl sites for hydroxylation is 2. The van der Waals surface area contributed by atoms with Crippen molar-refractivity contribution in [2.75, 3.05) is 26.1 Å². The minimum atomic E-state index is -3.87. The highest BCUT2D eigenvalue weighted by atomic mass is 32.2. The highest BCUT2D eigenvalue weighted by Crippen LogP contribution is 2.38. The Bertz CT molecular complexity index is 1280. The lowest BCUT2D eigenvalue weighted by Gasteiger charge is -2.15. The van der Waals surface area contributed by atoms with Gasteiger partial charge in [0.25, 0.3) is 15.9 Å². The van der Waals surface area contributed by atoms with Gasteiger partial charge in [-0.2, -0.15) is 0 Å². The van der Waals surface area contributed by atoms with Gasteiger partial charge in [-0.05, 0) is 66.9 Å². The molecule has 0 aliphatic rings. The third-order valence-electron chi connectivity index (χ3n) is 5.21. The van der Waals surface area contributed by atoms with Crippen molar-refractivity contribution in [3.63, 3.8) is 0 Å². The van der Waals surface area contributed by atoms with Crippen LogP contribution in [0, 0.1) is 13.8 Å². The summed E-state index contributed by atoms with van der Waals surface area (Å²) in [5, 5.41) is 2.83. The topological polar surface area (TPSA) is 103 Å². The molecular weight excluding hydrogens is 456 g/mol. The molecule has 0 radical (unpaired) electrons. The number of anilines is 1. The maximum absolute atomic E-state index is 12.9. The Morgan fingerprint density at radius 2 is 1.56 bits per heavy atom. The van der Waals surface area contributed by atoms with Gasteiger partial charge in [-0.15, -0.1) is 0 Å². The van der Waals surface area contributed by atoms with Crippen LogP contribution in [0.15, 0.2) is 59.5 Å². The lowest BCUT2D eigenvalue weighted by molar-refractivity contribution is 0.0950. The Balaban J connectivity index is 1.81. The van der Waals surface area contributed by atoms with Crippen molar-refractivity contribution in [3.05, 3.63) is 76.9 Å². The molecule has 3 aromatic rings. The van der Waals surface area contributed by atoms with Crippen molar-refractivity contribution in [1.29, 1.82) is 0 Å². The van der Waals surface area contributed by atoms with Crippen LogP contribution in [-0.2, 0) is 16.6 Å². The number of benzene rings is 3. The van der Waals surface area contributed by atoms with Crippen LogP contribution in [0.3, 0.4) is 0 Å². The number of methoxy groups -OCH3 is 3. The number of rotatable bonds is 9. The second-order valence-electron chi connectivity index (χ2n) is 7.67. The van der Waals surface area contributed by atoms with E-state index in [-0.39, 0.29) is 17.0 Å². The quantitative estimate of drug-likeness (QED) is 0.475. The molecule has 8 nitrogen and oxygen atoms in total. The summed E-state index contributed by atoms with van der Waals surface area (Å²) in [7, 11) is 0.668. The van der Waals surface area contributed by atoms with Crippen molar-refractivity contribution >= 4 is 21.6 Å². The van der Waals surface area contributed by atoms with E-state index in [9.17, 15) is 13.2 Å². The van der Waals surface area contributed by atoms with Gasteiger partial charge in [0.1, 0.15) is 0 Å². The summed E-state index contributed by atoms with van der Waals surface area (Å²) in [5.74, 6) is 0.990. The molecule has 2 N–H and O–H groups in total. The van der Waals surface area contributed by atoms with E-state index in [2.05, 4.69) is 10.0 Å². The first kappa shape index (κ1) is 24.9. The van der Waals surface area contributed by atoms with E-state index in [0.29, 0.717) is 28.5 Å². The number of hydrogen-bond donors (Lipinski definition) is 2. The van der Waals surface area contributed by atoms with Gasteiger partial charge < -0.3 is 19.5 Å². The van der Waals surface area contributed by atoms with E-state index >= 15 is 0 Å². The predicted molar refractivity (Wildman–Crippen MR) is 130 cm³/mol. The monoisotopic (exact) mass is 484 g/mol. The van der Waals surface area contributed by atoms with Gasteiger partial charge >= 0.3 is 0 Å². The van der Waals surface area contributed by atoms with E-state index in [1.54, 1.807) is 43.3 Å². The van der Waals surface area contributed by atoms with Gasteiger partial charge in [0, 0.05) is 17.8 Å². The van der Waals surface area contributed by atoms with Gasteiger partial charge in [0.2, 0.25) is 5.75 Å². The highest BCUT2D eigenvalue weighted by Gasteiger charge is 2.19. The summed E-state index contributed by atoms with van der Waals surface area (Å²) >= 11 is 0. The smallest absolute Gasteiger partial charge is 0.261 e. The van der Waals surface area contributed by atoms with Crippen LogP contribution in [0.4, 0.5) is 5.69 Å². The maximum Gasteiger partial charge on any atom is 0.261 e.